The zero-order valence-corrected chi connectivity index (χ0v) is 15.3. The predicted octanol–water partition coefficient (Wildman–Crippen LogP) is 5.08. The molecule has 0 amide bonds. The summed E-state index contributed by atoms with van der Waals surface area (Å²) in [7, 11) is 1.39. The molecular formula is C19H20BrNO2. The number of methoxy groups -OCH3 is 1. The van der Waals surface area contributed by atoms with E-state index in [9.17, 15) is 4.79 Å². The summed E-state index contributed by atoms with van der Waals surface area (Å²) in [6.07, 6.45) is 0. The highest BCUT2D eigenvalue weighted by Gasteiger charge is 2.19. The SMILES string of the molecule is COC(=O)C(=C(C)Nc1cccc(C)c1C)c1ccccc1Br. The van der Waals surface area contributed by atoms with Crippen molar-refractivity contribution < 1.29 is 9.53 Å². The van der Waals surface area contributed by atoms with Gasteiger partial charge < -0.3 is 10.1 Å². The van der Waals surface area contributed by atoms with Crippen LogP contribution >= 0.6 is 15.9 Å². The molecule has 0 aliphatic heterocycles. The standard InChI is InChI=1S/C19H20BrNO2/c1-12-8-7-11-17(13(12)2)21-14(3)18(19(22)23-4)15-9-5-6-10-16(15)20/h5-11,21H,1-4H3. The maximum absolute atomic E-state index is 12.3. The molecule has 23 heavy (non-hydrogen) atoms. The van der Waals surface area contributed by atoms with E-state index in [1.807, 2.05) is 43.3 Å². The Hall–Kier alpha value is -2.07. The summed E-state index contributed by atoms with van der Waals surface area (Å²) in [4.78, 5) is 12.3. The van der Waals surface area contributed by atoms with Gasteiger partial charge in [0.05, 0.1) is 12.7 Å². The van der Waals surface area contributed by atoms with E-state index in [2.05, 4.69) is 41.2 Å². The molecule has 0 saturated heterocycles. The molecule has 0 fully saturated rings. The molecule has 0 bridgehead atoms. The van der Waals surface area contributed by atoms with Crippen molar-refractivity contribution >= 4 is 33.2 Å². The van der Waals surface area contributed by atoms with E-state index in [0.717, 1.165) is 27.0 Å². The van der Waals surface area contributed by atoms with Crippen LogP contribution in [0.5, 0.6) is 0 Å². The van der Waals surface area contributed by atoms with Crippen molar-refractivity contribution in [2.45, 2.75) is 20.8 Å². The molecule has 120 valence electrons. The quantitative estimate of drug-likeness (QED) is 0.599. The number of anilines is 1. The van der Waals surface area contributed by atoms with Gasteiger partial charge in [0.1, 0.15) is 0 Å². The van der Waals surface area contributed by atoms with Crippen LogP contribution in [0.3, 0.4) is 0 Å². The molecule has 2 aromatic carbocycles. The van der Waals surface area contributed by atoms with Crippen molar-refractivity contribution in [2.75, 3.05) is 12.4 Å². The van der Waals surface area contributed by atoms with Gasteiger partial charge in [0, 0.05) is 21.4 Å². The van der Waals surface area contributed by atoms with Crippen LogP contribution < -0.4 is 5.32 Å². The molecule has 0 unspecified atom stereocenters. The summed E-state index contributed by atoms with van der Waals surface area (Å²) in [5, 5.41) is 3.35. The first-order valence-electron chi connectivity index (χ1n) is 7.33. The van der Waals surface area contributed by atoms with Gasteiger partial charge in [-0.15, -0.1) is 0 Å². The van der Waals surface area contributed by atoms with Crippen LogP contribution in [0.4, 0.5) is 5.69 Å². The lowest BCUT2D eigenvalue weighted by molar-refractivity contribution is -0.133. The van der Waals surface area contributed by atoms with Crippen LogP contribution in [-0.2, 0) is 9.53 Å². The van der Waals surface area contributed by atoms with Gasteiger partial charge >= 0.3 is 5.97 Å². The second-order valence-corrected chi connectivity index (χ2v) is 6.20. The number of carbonyl (C=O) groups excluding carboxylic acids is 1. The van der Waals surface area contributed by atoms with Gasteiger partial charge in [-0.3, -0.25) is 0 Å². The number of hydrogen-bond donors (Lipinski definition) is 1. The Morgan fingerprint density at radius 2 is 1.78 bits per heavy atom. The molecule has 0 spiro atoms. The lowest BCUT2D eigenvalue weighted by Gasteiger charge is -2.16. The Balaban J connectivity index is 2.53. The summed E-state index contributed by atoms with van der Waals surface area (Å²) in [5.41, 5.74) is 5.40. The van der Waals surface area contributed by atoms with Gasteiger partial charge in [0.15, 0.2) is 0 Å². The van der Waals surface area contributed by atoms with Crippen molar-refractivity contribution in [1.82, 2.24) is 0 Å². The third kappa shape index (κ3) is 3.82. The minimum absolute atomic E-state index is 0.368. The Morgan fingerprint density at radius 3 is 2.43 bits per heavy atom. The predicted molar refractivity (Wildman–Crippen MR) is 98.3 cm³/mol. The number of aryl methyl sites for hydroxylation is 1. The number of nitrogens with one attached hydrogen (secondary N) is 1. The average Bonchev–Trinajstić information content (AvgIpc) is 2.53. The maximum Gasteiger partial charge on any atom is 0.340 e. The highest BCUT2D eigenvalue weighted by atomic mass is 79.9. The smallest absolute Gasteiger partial charge is 0.340 e. The Morgan fingerprint density at radius 1 is 1.09 bits per heavy atom. The number of halogens is 1. The number of ether oxygens (including phenoxy) is 1. The van der Waals surface area contributed by atoms with E-state index in [0.29, 0.717) is 5.57 Å². The molecule has 0 aliphatic rings. The average molecular weight is 374 g/mol. The van der Waals surface area contributed by atoms with Crippen LogP contribution in [0.15, 0.2) is 52.6 Å². The number of esters is 1. The minimum Gasteiger partial charge on any atom is -0.465 e. The lowest BCUT2D eigenvalue weighted by atomic mass is 10.0. The molecule has 0 heterocycles. The van der Waals surface area contributed by atoms with Crippen LogP contribution in [-0.4, -0.2) is 13.1 Å². The molecule has 0 radical (unpaired) electrons. The normalized spacial score (nSPS) is 11.7. The van der Waals surface area contributed by atoms with Crippen molar-refractivity contribution in [3.8, 4) is 0 Å². The van der Waals surface area contributed by atoms with Crippen LogP contribution in [0, 0.1) is 13.8 Å². The van der Waals surface area contributed by atoms with Gasteiger partial charge in [-0.25, -0.2) is 4.79 Å². The number of benzene rings is 2. The van der Waals surface area contributed by atoms with E-state index < -0.39 is 0 Å². The lowest BCUT2D eigenvalue weighted by Crippen LogP contribution is -2.11. The zero-order valence-electron chi connectivity index (χ0n) is 13.7. The van der Waals surface area contributed by atoms with Crippen molar-refractivity contribution in [1.29, 1.82) is 0 Å². The second kappa shape index (κ2) is 7.47. The van der Waals surface area contributed by atoms with Crippen molar-refractivity contribution in [2.24, 2.45) is 0 Å². The van der Waals surface area contributed by atoms with Crippen LogP contribution in [0.1, 0.15) is 23.6 Å². The molecule has 0 atom stereocenters. The second-order valence-electron chi connectivity index (χ2n) is 5.34. The number of hydrogen-bond acceptors (Lipinski definition) is 3. The first kappa shape index (κ1) is 17.3. The largest absolute Gasteiger partial charge is 0.465 e. The fraction of sp³-hybridized carbons (Fsp3) is 0.211. The third-order valence-corrected chi connectivity index (χ3v) is 4.53. The number of carbonyl (C=O) groups is 1. The summed E-state index contributed by atoms with van der Waals surface area (Å²) in [6, 6.07) is 13.7. The molecule has 2 aromatic rings. The minimum atomic E-state index is -0.368. The van der Waals surface area contributed by atoms with Crippen molar-refractivity contribution in [3.63, 3.8) is 0 Å². The topological polar surface area (TPSA) is 38.3 Å². The number of rotatable bonds is 4. The molecule has 2 rings (SSSR count). The Bertz CT molecular complexity index is 766. The highest BCUT2D eigenvalue weighted by Crippen LogP contribution is 2.29. The molecule has 3 nitrogen and oxygen atoms in total. The van der Waals surface area contributed by atoms with E-state index in [-0.39, 0.29) is 5.97 Å². The molecule has 1 N–H and O–H groups in total. The van der Waals surface area contributed by atoms with Gasteiger partial charge in [-0.05, 0) is 44.0 Å². The van der Waals surface area contributed by atoms with E-state index >= 15 is 0 Å². The number of allylic oxidation sites excluding steroid dienone is 1. The molecule has 0 aliphatic carbocycles. The summed E-state index contributed by atoms with van der Waals surface area (Å²) >= 11 is 3.50. The fourth-order valence-corrected chi connectivity index (χ4v) is 2.87. The zero-order chi connectivity index (χ0) is 17.0. The first-order valence-corrected chi connectivity index (χ1v) is 8.12. The van der Waals surface area contributed by atoms with Crippen LogP contribution in [0.2, 0.25) is 0 Å². The first-order chi connectivity index (χ1) is 11.0. The molecule has 0 saturated carbocycles. The van der Waals surface area contributed by atoms with Gasteiger partial charge in [0.2, 0.25) is 0 Å². The van der Waals surface area contributed by atoms with Gasteiger partial charge in [0.25, 0.3) is 0 Å². The highest BCUT2D eigenvalue weighted by molar-refractivity contribution is 9.10. The Labute approximate surface area is 145 Å². The fourth-order valence-electron chi connectivity index (χ4n) is 2.38. The monoisotopic (exact) mass is 373 g/mol. The summed E-state index contributed by atoms with van der Waals surface area (Å²) < 4.78 is 5.83. The van der Waals surface area contributed by atoms with Crippen molar-refractivity contribution in [3.05, 3.63) is 69.3 Å². The van der Waals surface area contributed by atoms with E-state index in [4.69, 9.17) is 4.74 Å². The van der Waals surface area contributed by atoms with Gasteiger partial charge in [-0.1, -0.05) is 46.3 Å². The molecular weight excluding hydrogens is 354 g/mol. The Kier molecular flexibility index (Phi) is 5.61. The molecule has 4 heteroatoms. The summed E-state index contributed by atoms with van der Waals surface area (Å²) in [6.45, 7) is 6.00. The van der Waals surface area contributed by atoms with E-state index in [1.165, 1.54) is 12.7 Å². The van der Waals surface area contributed by atoms with Gasteiger partial charge in [-0.2, -0.15) is 0 Å². The maximum atomic E-state index is 12.3. The third-order valence-electron chi connectivity index (χ3n) is 3.83. The molecule has 0 aromatic heterocycles. The van der Waals surface area contributed by atoms with Crippen LogP contribution in [0.25, 0.3) is 5.57 Å². The van der Waals surface area contributed by atoms with E-state index in [1.54, 1.807) is 0 Å². The summed E-state index contributed by atoms with van der Waals surface area (Å²) in [5.74, 6) is -0.368.